The van der Waals surface area contributed by atoms with Gasteiger partial charge in [0.15, 0.2) is 0 Å². The zero-order chi connectivity index (χ0) is 12.7. The van der Waals surface area contributed by atoms with E-state index in [0.717, 1.165) is 39.3 Å². The van der Waals surface area contributed by atoms with Crippen molar-refractivity contribution < 1.29 is 9.53 Å². The fourth-order valence-electron chi connectivity index (χ4n) is 1.76. The molecule has 100 valence electrons. The number of morpholine rings is 1. The van der Waals surface area contributed by atoms with Crippen molar-refractivity contribution in [1.82, 2.24) is 9.91 Å². The summed E-state index contributed by atoms with van der Waals surface area (Å²) in [4.78, 5) is 14.0. The highest BCUT2D eigenvalue weighted by atomic mass is 16.5. The molecular weight excluding hydrogens is 218 g/mol. The molecule has 1 aliphatic rings. The van der Waals surface area contributed by atoms with Crippen molar-refractivity contribution in [2.75, 3.05) is 39.4 Å². The minimum atomic E-state index is 0.0487. The summed E-state index contributed by atoms with van der Waals surface area (Å²) in [5.74, 6) is 6.23. The molecule has 0 bridgehead atoms. The Kier molecular flexibility index (Phi) is 6.47. The lowest BCUT2D eigenvalue weighted by Crippen LogP contribution is -2.46. The Labute approximate surface area is 104 Å². The fraction of sp³-hybridized carbons (Fsp3) is 0.917. The second-order valence-electron chi connectivity index (χ2n) is 4.76. The molecule has 0 aromatic carbocycles. The van der Waals surface area contributed by atoms with Gasteiger partial charge in [0.1, 0.15) is 0 Å². The highest BCUT2D eigenvalue weighted by Crippen LogP contribution is 2.07. The highest BCUT2D eigenvalue weighted by Gasteiger charge is 2.15. The van der Waals surface area contributed by atoms with Crippen molar-refractivity contribution in [3.05, 3.63) is 0 Å². The van der Waals surface area contributed by atoms with Gasteiger partial charge >= 0.3 is 0 Å². The lowest BCUT2D eigenvalue weighted by molar-refractivity contribution is -0.132. The Bertz CT molecular complexity index is 230. The molecule has 1 unspecified atom stereocenters. The SMILES string of the molecule is CCC(C)CC(=O)N(N)CCN1CCOCC1. The minimum Gasteiger partial charge on any atom is -0.379 e. The van der Waals surface area contributed by atoms with Crippen molar-refractivity contribution in [2.24, 2.45) is 11.8 Å². The van der Waals surface area contributed by atoms with Crippen LogP contribution in [0.1, 0.15) is 26.7 Å². The summed E-state index contributed by atoms with van der Waals surface area (Å²) in [6.07, 6.45) is 1.57. The van der Waals surface area contributed by atoms with Gasteiger partial charge in [-0.2, -0.15) is 0 Å². The lowest BCUT2D eigenvalue weighted by atomic mass is 10.1. The molecule has 0 aromatic heterocycles. The Morgan fingerprint density at radius 2 is 2.12 bits per heavy atom. The smallest absolute Gasteiger partial charge is 0.236 e. The zero-order valence-corrected chi connectivity index (χ0v) is 11.0. The number of hydrogen-bond acceptors (Lipinski definition) is 4. The van der Waals surface area contributed by atoms with E-state index in [2.05, 4.69) is 18.7 Å². The van der Waals surface area contributed by atoms with Crippen LogP contribution >= 0.6 is 0 Å². The predicted octanol–water partition coefficient (Wildman–Crippen LogP) is 0.457. The number of nitrogens with two attached hydrogens (primary N) is 1. The van der Waals surface area contributed by atoms with E-state index in [1.165, 1.54) is 5.01 Å². The summed E-state index contributed by atoms with van der Waals surface area (Å²) in [7, 11) is 0. The normalized spacial score (nSPS) is 19.0. The van der Waals surface area contributed by atoms with Crippen molar-refractivity contribution in [2.45, 2.75) is 26.7 Å². The predicted molar refractivity (Wildman–Crippen MR) is 67.2 cm³/mol. The molecule has 0 saturated carbocycles. The van der Waals surface area contributed by atoms with E-state index >= 15 is 0 Å². The van der Waals surface area contributed by atoms with Gasteiger partial charge in [-0.3, -0.25) is 14.7 Å². The Balaban J connectivity index is 2.18. The van der Waals surface area contributed by atoms with Gasteiger partial charge in [-0.1, -0.05) is 20.3 Å². The third-order valence-electron chi connectivity index (χ3n) is 3.30. The molecule has 2 N–H and O–H groups in total. The average Bonchev–Trinajstić information content (AvgIpc) is 2.36. The number of hydrogen-bond donors (Lipinski definition) is 1. The van der Waals surface area contributed by atoms with Gasteiger partial charge in [-0.25, -0.2) is 5.84 Å². The molecule has 1 rings (SSSR count). The maximum absolute atomic E-state index is 11.7. The summed E-state index contributed by atoms with van der Waals surface area (Å²) in [6, 6.07) is 0. The van der Waals surface area contributed by atoms with Crippen molar-refractivity contribution >= 4 is 5.91 Å². The van der Waals surface area contributed by atoms with Gasteiger partial charge in [-0.15, -0.1) is 0 Å². The molecule has 1 amide bonds. The largest absolute Gasteiger partial charge is 0.379 e. The van der Waals surface area contributed by atoms with Crippen molar-refractivity contribution in [3.63, 3.8) is 0 Å². The molecule has 1 saturated heterocycles. The molecule has 17 heavy (non-hydrogen) atoms. The van der Waals surface area contributed by atoms with Crippen LogP contribution in [0.4, 0.5) is 0 Å². The van der Waals surface area contributed by atoms with E-state index in [0.29, 0.717) is 18.9 Å². The molecule has 5 heteroatoms. The van der Waals surface area contributed by atoms with E-state index in [1.54, 1.807) is 0 Å². The van der Waals surface area contributed by atoms with Crippen LogP contribution < -0.4 is 5.84 Å². The van der Waals surface area contributed by atoms with Gasteiger partial charge in [0.05, 0.1) is 13.2 Å². The van der Waals surface area contributed by atoms with E-state index in [9.17, 15) is 4.79 Å². The highest BCUT2D eigenvalue weighted by molar-refractivity contribution is 5.75. The first-order chi connectivity index (χ1) is 8.13. The van der Waals surface area contributed by atoms with Gasteiger partial charge in [0.25, 0.3) is 0 Å². The molecule has 0 aromatic rings. The Morgan fingerprint density at radius 3 is 2.71 bits per heavy atom. The molecule has 0 radical (unpaired) electrons. The quantitative estimate of drug-likeness (QED) is 0.418. The second-order valence-corrected chi connectivity index (χ2v) is 4.76. The maximum atomic E-state index is 11.7. The van der Waals surface area contributed by atoms with Gasteiger partial charge in [0.2, 0.25) is 5.91 Å². The van der Waals surface area contributed by atoms with Crippen LogP contribution in [-0.2, 0) is 9.53 Å². The first kappa shape index (κ1) is 14.4. The van der Waals surface area contributed by atoms with Gasteiger partial charge in [-0.05, 0) is 5.92 Å². The third-order valence-corrected chi connectivity index (χ3v) is 3.30. The molecule has 0 aliphatic carbocycles. The molecular formula is C12H25N3O2. The molecule has 1 heterocycles. The Morgan fingerprint density at radius 1 is 1.47 bits per heavy atom. The maximum Gasteiger partial charge on any atom is 0.236 e. The number of amides is 1. The molecule has 1 aliphatic heterocycles. The minimum absolute atomic E-state index is 0.0487. The van der Waals surface area contributed by atoms with E-state index in [-0.39, 0.29) is 5.91 Å². The number of nitrogens with zero attached hydrogens (tertiary/aromatic N) is 2. The standard InChI is InChI=1S/C12H25N3O2/c1-3-11(2)10-12(16)15(13)5-4-14-6-8-17-9-7-14/h11H,3-10,13H2,1-2H3. The number of rotatable bonds is 6. The summed E-state index contributed by atoms with van der Waals surface area (Å²) in [5.41, 5.74) is 0. The Hall–Kier alpha value is -0.650. The van der Waals surface area contributed by atoms with E-state index in [4.69, 9.17) is 10.6 Å². The molecule has 1 fully saturated rings. The lowest BCUT2D eigenvalue weighted by Gasteiger charge is -2.28. The molecule has 5 nitrogen and oxygen atoms in total. The van der Waals surface area contributed by atoms with Crippen LogP contribution in [0.15, 0.2) is 0 Å². The van der Waals surface area contributed by atoms with Crippen LogP contribution in [0.2, 0.25) is 0 Å². The fourth-order valence-corrected chi connectivity index (χ4v) is 1.76. The zero-order valence-electron chi connectivity index (χ0n) is 11.0. The van der Waals surface area contributed by atoms with Gasteiger partial charge in [0, 0.05) is 32.6 Å². The summed E-state index contributed by atoms with van der Waals surface area (Å²) >= 11 is 0. The number of carbonyl (C=O) groups is 1. The number of hydrazine groups is 1. The summed E-state index contributed by atoms with van der Waals surface area (Å²) < 4.78 is 5.27. The van der Waals surface area contributed by atoms with E-state index < -0.39 is 0 Å². The second kappa shape index (κ2) is 7.63. The molecule has 0 spiro atoms. The van der Waals surface area contributed by atoms with Crippen LogP contribution in [-0.4, -0.2) is 55.2 Å². The van der Waals surface area contributed by atoms with Crippen LogP contribution in [0.3, 0.4) is 0 Å². The number of ether oxygens (including phenoxy) is 1. The monoisotopic (exact) mass is 243 g/mol. The topological polar surface area (TPSA) is 58.8 Å². The summed E-state index contributed by atoms with van der Waals surface area (Å²) in [6.45, 7) is 9.05. The van der Waals surface area contributed by atoms with Crippen molar-refractivity contribution in [3.8, 4) is 0 Å². The van der Waals surface area contributed by atoms with Crippen molar-refractivity contribution in [1.29, 1.82) is 0 Å². The third kappa shape index (κ3) is 5.48. The van der Waals surface area contributed by atoms with Crippen LogP contribution in [0.25, 0.3) is 0 Å². The van der Waals surface area contributed by atoms with Crippen LogP contribution in [0.5, 0.6) is 0 Å². The first-order valence-corrected chi connectivity index (χ1v) is 6.48. The molecule has 1 atom stereocenters. The number of carbonyl (C=O) groups excluding carboxylic acids is 1. The summed E-state index contributed by atoms with van der Waals surface area (Å²) in [5, 5.41) is 1.36. The average molecular weight is 243 g/mol. The van der Waals surface area contributed by atoms with E-state index in [1.807, 2.05) is 0 Å². The first-order valence-electron chi connectivity index (χ1n) is 6.48. The van der Waals surface area contributed by atoms with Gasteiger partial charge < -0.3 is 4.74 Å². The van der Waals surface area contributed by atoms with Crippen LogP contribution in [0, 0.1) is 5.92 Å².